The molecule has 0 N–H and O–H groups in total. The standard InChI is InChI=1S/C7H7NO3S.Na.H/c1-11-5-2-3-7(12)6(4-5)8(9)10;;/h2-4,12H,1H3;;/q;+1;-1. The van der Waals surface area contributed by atoms with Gasteiger partial charge in [-0.2, -0.15) is 0 Å². The molecular weight excluding hydrogens is 201 g/mol. The second-order valence-corrected chi connectivity index (χ2v) is 2.59. The van der Waals surface area contributed by atoms with E-state index < -0.39 is 4.92 Å². The topological polar surface area (TPSA) is 52.4 Å². The van der Waals surface area contributed by atoms with Crippen LogP contribution < -0.4 is 34.3 Å². The molecule has 0 aliphatic rings. The first-order valence-electron chi connectivity index (χ1n) is 3.16. The summed E-state index contributed by atoms with van der Waals surface area (Å²) in [5.74, 6) is 0.458. The van der Waals surface area contributed by atoms with Gasteiger partial charge in [-0.1, -0.05) is 0 Å². The van der Waals surface area contributed by atoms with Gasteiger partial charge < -0.3 is 6.16 Å². The molecule has 4 nitrogen and oxygen atoms in total. The van der Waals surface area contributed by atoms with Gasteiger partial charge in [0.05, 0.1) is 23.0 Å². The summed E-state index contributed by atoms with van der Waals surface area (Å²) >= 11 is 3.93. The minimum atomic E-state index is -0.495. The number of rotatable bonds is 2. The van der Waals surface area contributed by atoms with Crippen molar-refractivity contribution in [3.63, 3.8) is 0 Å². The molecule has 0 radical (unpaired) electrons. The Hall–Kier alpha value is -0.230. The van der Waals surface area contributed by atoms with E-state index in [-0.39, 0.29) is 36.7 Å². The molecule has 0 saturated heterocycles. The predicted octanol–water partition coefficient (Wildman–Crippen LogP) is -0.991. The van der Waals surface area contributed by atoms with Crippen molar-refractivity contribution in [2.45, 2.75) is 4.90 Å². The normalized spacial score (nSPS) is 8.77. The maximum absolute atomic E-state index is 10.4. The van der Waals surface area contributed by atoms with Crippen LogP contribution in [0.4, 0.5) is 5.69 Å². The van der Waals surface area contributed by atoms with E-state index in [4.69, 9.17) is 4.74 Å². The zero-order valence-electron chi connectivity index (χ0n) is 8.35. The van der Waals surface area contributed by atoms with Gasteiger partial charge in [0.15, 0.2) is 0 Å². The molecule has 0 spiro atoms. The van der Waals surface area contributed by atoms with Crippen LogP contribution >= 0.6 is 12.6 Å². The number of hydrogen-bond acceptors (Lipinski definition) is 4. The van der Waals surface area contributed by atoms with Crippen molar-refractivity contribution in [3.05, 3.63) is 28.3 Å². The van der Waals surface area contributed by atoms with E-state index in [0.717, 1.165) is 0 Å². The van der Waals surface area contributed by atoms with E-state index >= 15 is 0 Å². The summed E-state index contributed by atoms with van der Waals surface area (Å²) < 4.78 is 4.82. The summed E-state index contributed by atoms with van der Waals surface area (Å²) in [7, 11) is 1.46. The molecule has 0 aliphatic carbocycles. The fraction of sp³-hybridized carbons (Fsp3) is 0.143. The van der Waals surface area contributed by atoms with E-state index in [1.54, 1.807) is 6.07 Å². The molecule has 0 atom stereocenters. The first-order chi connectivity index (χ1) is 5.65. The second kappa shape index (κ2) is 5.49. The fourth-order valence-corrected chi connectivity index (χ4v) is 0.997. The minimum absolute atomic E-state index is 0. The summed E-state index contributed by atoms with van der Waals surface area (Å²) in [4.78, 5) is 10.2. The van der Waals surface area contributed by atoms with Crippen molar-refractivity contribution >= 4 is 18.3 Å². The SMILES string of the molecule is COc1ccc(S)c([N+](=O)[O-])c1.[H-].[Na+]. The number of thiol groups is 1. The molecule has 0 aliphatic heterocycles. The van der Waals surface area contributed by atoms with Gasteiger partial charge in [0.2, 0.25) is 0 Å². The molecular formula is C7H8NNaO3S. The number of nitro benzene ring substituents is 1. The summed E-state index contributed by atoms with van der Waals surface area (Å²) in [5.41, 5.74) is -0.0438. The molecule has 1 aromatic rings. The molecule has 13 heavy (non-hydrogen) atoms. The van der Waals surface area contributed by atoms with E-state index in [0.29, 0.717) is 10.6 Å². The molecule has 0 aromatic heterocycles. The Morgan fingerprint density at radius 1 is 1.62 bits per heavy atom. The van der Waals surface area contributed by atoms with Gasteiger partial charge in [-0.25, -0.2) is 0 Å². The first-order valence-corrected chi connectivity index (χ1v) is 3.61. The largest absolute Gasteiger partial charge is 1.00 e. The Labute approximate surface area is 105 Å². The zero-order valence-corrected chi connectivity index (χ0v) is 10.2. The van der Waals surface area contributed by atoms with Crippen LogP contribution in [0.3, 0.4) is 0 Å². The number of methoxy groups -OCH3 is 1. The summed E-state index contributed by atoms with van der Waals surface area (Å²) in [6, 6.07) is 4.48. The van der Waals surface area contributed by atoms with Crippen molar-refractivity contribution < 1.29 is 40.6 Å². The van der Waals surface area contributed by atoms with Crippen LogP contribution in [0.2, 0.25) is 0 Å². The van der Waals surface area contributed by atoms with E-state index in [1.165, 1.54) is 19.2 Å². The first kappa shape index (κ1) is 12.8. The number of nitrogens with zero attached hydrogens (tertiary/aromatic N) is 1. The van der Waals surface area contributed by atoms with Gasteiger partial charge in [-0.05, 0) is 12.1 Å². The molecule has 0 heterocycles. The Balaban J connectivity index is 0. The minimum Gasteiger partial charge on any atom is -1.00 e. The Morgan fingerprint density at radius 3 is 2.69 bits per heavy atom. The van der Waals surface area contributed by atoms with Crippen molar-refractivity contribution in [2.24, 2.45) is 0 Å². The van der Waals surface area contributed by atoms with Crippen molar-refractivity contribution in [2.75, 3.05) is 7.11 Å². The maximum Gasteiger partial charge on any atom is 1.00 e. The second-order valence-electron chi connectivity index (χ2n) is 2.11. The summed E-state index contributed by atoms with van der Waals surface area (Å²) in [6.45, 7) is 0. The Kier molecular flexibility index (Phi) is 5.39. The summed E-state index contributed by atoms with van der Waals surface area (Å²) in [5, 5.41) is 10.4. The van der Waals surface area contributed by atoms with Gasteiger partial charge >= 0.3 is 29.6 Å². The molecule has 1 aromatic carbocycles. The van der Waals surface area contributed by atoms with E-state index in [2.05, 4.69) is 12.6 Å². The van der Waals surface area contributed by atoms with Crippen molar-refractivity contribution in [3.8, 4) is 5.75 Å². The third kappa shape index (κ3) is 3.19. The molecule has 6 heteroatoms. The smallest absolute Gasteiger partial charge is 1.00 e. The maximum atomic E-state index is 10.4. The quantitative estimate of drug-likeness (QED) is 0.294. The third-order valence-corrected chi connectivity index (χ3v) is 1.76. The van der Waals surface area contributed by atoms with Crippen LogP contribution in [0.25, 0.3) is 0 Å². The summed E-state index contributed by atoms with van der Waals surface area (Å²) in [6.07, 6.45) is 0. The van der Waals surface area contributed by atoms with Crippen molar-refractivity contribution in [1.29, 1.82) is 0 Å². The van der Waals surface area contributed by atoms with E-state index in [9.17, 15) is 10.1 Å². The average Bonchev–Trinajstić information content (AvgIpc) is 2.05. The van der Waals surface area contributed by atoms with E-state index in [1.807, 2.05) is 0 Å². The zero-order chi connectivity index (χ0) is 9.14. The van der Waals surface area contributed by atoms with Crippen LogP contribution in [-0.4, -0.2) is 12.0 Å². The average molecular weight is 209 g/mol. The number of benzene rings is 1. The molecule has 0 bridgehead atoms. The van der Waals surface area contributed by atoms with Crippen LogP contribution in [0, 0.1) is 10.1 Å². The molecule has 0 fully saturated rings. The number of ether oxygens (including phenoxy) is 1. The van der Waals surface area contributed by atoms with Crippen LogP contribution in [-0.2, 0) is 0 Å². The van der Waals surface area contributed by atoms with Crippen LogP contribution in [0.5, 0.6) is 5.75 Å². The van der Waals surface area contributed by atoms with Gasteiger partial charge in [-0.3, -0.25) is 10.1 Å². The predicted molar refractivity (Wildman–Crippen MR) is 48.0 cm³/mol. The van der Waals surface area contributed by atoms with Gasteiger partial charge in [0, 0.05) is 0 Å². The van der Waals surface area contributed by atoms with Gasteiger partial charge in [0.25, 0.3) is 5.69 Å². The fourth-order valence-electron chi connectivity index (χ4n) is 0.776. The Morgan fingerprint density at radius 2 is 2.23 bits per heavy atom. The molecule has 0 unspecified atom stereocenters. The Bertz CT molecular complexity index is 324. The molecule has 0 saturated carbocycles. The van der Waals surface area contributed by atoms with Crippen LogP contribution in [0.1, 0.15) is 1.43 Å². The van der Waals surface area contributed by atoms with Gasteiger partial charge in [0.1, 0.15) is 5.75 Å². The number of hydrogen-bond donors (Lipinski definition) is 1. The molecule has 0 amide bonds. The monoisotopic (exact) mass is 209 g/mol. The third-order valence-electron chi connectivity index (χ3n) is 1.38. The molecule has 66 valence electrons. The molecule has 1 rings (SSSR count). The van der Waals surface area contributed by atoms with Crippen molar-refractivity contribution in [1.82, 2.24) is 0 Å². The van der Waals surface area contributed by atoms with Crippen LogP contribution in [0.15, 0.2) is 23.1 Å². The number of nitro groups is 1. The van der Waals surface area contributed by atoms with Gasteiger partial charge in [-0.15, -0.1) is 12.6 Å².